The van der Waals surface area contributed by atoms with Crippen LogP contribution < -0.4 is 16.0 Å². The molecule has 0 spiro atoms. The summed E-state index contributed by atoms with van der Waals surface area (Å²) in [5, 5.41) is 8.93. The topological polar surface area (TPSA) is 100 Å². The van der Waals surface area contributed by atoms with Crippen LogP contribution in [0, 0.1) is 0 Å². The molecule has 0 atom stereocenters. The zero-order chi connectivity index (χ0) is 22.1. The summed E-state index contributed by atoms with van der Waals surface area (Å²) in [6, 6.07) is 10.4. The maximum Gasteiger partial charge on any atom is 0.433 e. The van der Waals surface area contributed by atoms with Gasteiger partial charge in [-0.15, -0.1) is 0 Å². The number of alkyl halides is 3. The van der Waals surface area contributed by atoms with Crippen molar-refractivity contribution in [2.45, 2.75) is 19.6 Å². The lowest BCUT2D eigenvalue weighted by Crippen LogP contribution is -2.39. The third-order valence-corrected chi connectivity index (χ3v) is 3.96. The van der Waals surface area contributed by atoms with Crippen LogP contribution in [-0.2, 0) is 12.7 Å². The number of hydrogen-bond donors (Lipinski definition) is 3. The maximum absolute atomic E-state index is 12.7. The van der Waals surface area contributed by atoms with Gasteiger partial charge in [0, 0.05) is 31.4 Å². The smallest absolute Gasteiger partial charge is 0.433 e. The predicted octanol–water partition coefficient (Wildman–Crippen LogP) is 3.32. The lowest BCUT2D eigenvalue weighted by atomic mass is 10.2. The average molecular weight is 433 g/mol. The summed E-state index contributed by atoms with van der Waals surface area (Å²) in [7, 11) is 0. The summed E-state index contributed by atoms with van der Waals surface area (Å²) in [6.07, 6.45) is -1.88. The highest BCUT2D eigenvalue weighted by Crippen LogP contribution is 2.27. The number of oxazole rings is 1. The summed E-state index contributed by atoms with van der Waals surface area (Å²) < 4.78 is 43.6. The van der Waals surface area contributed by atoms with Crippen molar-refractivity contribution in [3.05, 3.63) is 60.2 Å². The molecule has 2 aromatic heterocycles. The van der Waals surface area contributed by atoms with Crippen molar-refractivity contribution in [3.8, 4) is 11.5 Å². The van der Waals surface area contributed by atoms with Gasteiger partial charge < -0.3 is 20.4 Å². The third-order valence-electron chi connectivity index (χ3n) is 3.96. The number of halogens is 3. The van der Waals surface area contributed by atoms with Gasteiger partial charge in [-0.25, -0.2) is 19.9 Å². The molecule has 31 heavy (non-hydrogen) atoms. The highest BCUT2D eigenvalue weighted by molar-refractivity contribution is 5.79. The van der Waals surface area contributed by atoms with Gasteiger partial charge in [-0.1, -0.05) is 18.2 Å². The number of hydrogen-bond acceptors (Lipinski definition) is 6. The largest absolute Gasteiger partial charge is 0.444 e. The Morgan fingerprint density at radius 2 is 1.87 bits per heavy atom. The fourth-order valence-corrected chi connectivity index (χ4v) is 2.55. The van der Waals surface area contributed by atoms with E-state index in [-0.39, 0.29) is 5.95 Å². The minimum absolute atomic E-state index is 0.0883. The first-order chi connectivity index (χ1) is 15.0. The molecule has 0 bridgehead atoms. The SMILES string of the molecule is CCNC(=NCc1coc(-c2ccccc2)n1)NCCNc1nccc(C(F)(F)F)n1. The van der Waals surface area contributed by atoms with Crippen LogP contribution >= 0.6 is 0 Å². The van der Waals surface area contributed by atoms with Gasteiger partial charge in [-0.2, -0.15) is 13.2 Å². The van der Waals surface area contributed by atoms with Gasteiger partial charge >= 0.3 is 6.18 Å². The van der Waals surface area contributed by atoms with Crippen LogP contribution in [0.25, 0.3) is 11.5 Å². The molecular weight excluding hydrogens is 411 g/mol. The predicted molar refractivity (Wildman–Crippen MR) is 110 cm³/mol. The maximum atomic E-state index is 12.7. The summed E-state index contributed by atoms with van der Waals surface area (Å²) in [4.78, 5) is 16.1. The van der Waals surface area contributed by atoms with Crippen LogP contribution in [0.15, 0.2) is 58.3 Å². The summed E-state index contributed by atoms with van der Waals surface area (Å²) in [5.74, 6) is 0.974. The van der Waals surface area contributed by atoms with Crippen molar-refractivity contribution >= 4 is 11.9 Å². The van der Waals surface area contributed by atoms with E-state index in [2.05, 4.69) is 35.9 Å². The molecule has 3 rings (SSSR count). The van der Waals surface area contributed by atoms with Crippen LogP contribution in [0.2, 0.25) is 0 Å². The lowest BCUT2D eigenvalue weighted by molar-refractivity contribution is -0.141. The van der Waals surface area contributed by atoms with E-state index in [0.29, 0.717) is 43.7 Å². The van der Waals surface area contributed by atoms with E-state index in [1.165, 1.54) is 0 Å². The van der Waals surface area contributed by atoms with E-state index in [4.69, 9.17) is 4.42 Å². The van der Waals surface area contributed by atoms with E-state index in [0.717, 1.165) is 17.8 Å². The number of nitrogens with one attached hydrogen (secondary N) is 3. The molecule has 0 aliphatic rings. The van der Waals surface area contributed by atoms with E-state index in [9.17, 15) is 13.2 Å². The van der Waals surface area contributed by atoms with Crippen molar-refractivity contribution in [2.75, 3.05) is 25.0 Å². The molecule has 0 saturated carbocycles. The number of aromatic nitrogens is 3. The number of rotatable bonds is 8. The average Bonchev–Trinajstić information content (AvgIpc) is 3.24. The molecule has 0 radical (unpaired) electrons. The van der Waals surface area contributed by atoms with Gasteiger partial charge in [0.05, 0.1) is 6.54 Å². The Hall–Kier alpha value is -3.63. The van der Waals surface area contributed by atoms with Crippen molar-refractivity contribution in [2.24, 2.45) is 4.99 Å². The normalized spacial score (nSPS) is 11.9. The molecule has 0 amide bonds. The Labute approximate surface area is 177 Å². The van der Waals surface area contributed by atoms with Crippen molar-refractivity contribution in [1.82, 2.24) is 25.6 Å². The van der Waals surface area contributed by atoms with Crippen LogP contribution in [0.5, 0.6) is 0 Å². The quantitative estimate of drug-likeness (QED) is 0.285. The molecule has 3 N–H and O–H groups in total. The first-order valence-electron chi connectivity index (χ1n) is 9.62. The molecule has 8 nitrogen and oxygen atoms in total. The van der Waals surface area contributed by atoms with E-state index in [1.54, 1.807) is 6.26 Å². The van der Waals surface area contributed by atoms with Crippen LogP contribution in [0.3, 0.4) is 0 Å². The second-order valence-electron chi connectivity index (χ2n) is 6.32. The van der Waals surface area contributed by atoms with Crippen molar-refractivity contribution in [1.29, 1.82) is 0 Å². The van der Waals surface area contributed by atoms with Crippen molar-refractivity contribution in [3.63, 3.8) is 0 Å². The van der Waals surface area contributed by atoms with E-state index >= 15 is 0 Å². The van der Waals surface area contributed by atoms with Gasteiger partial charge in [0.25, 0.3) is 0 Å². The third kappa shape index (κ3) is 6.69. The zero-order valence-electron chi connectivity index (χ0n) is 16.8. The fourth-order valence-electron chi connectivity index (χ4n) is 2.55. The second kappa shape index (κ2) is 10.4. The Morgan fingerprint density at radius 1 is 1.06 bits per heavy atom. The van der Waals surface area contributed by atoms with Gasteiger partial charge in [0.2, 0.25) is 11.8 Å². The molecule has 164 valence electrons. The van der Waals surface area contributed by atoms with Crippen LogP contribution in [0.4, 0.5) is 19.1 Å². The molecule has 3 aromatic rings. The summed E-state index contributed by atoms with van der Waals surface area (Å²) in [5.41, 5.74) is 0.563. The van der Waals surface area contributed by atoms with Crippen LogP contribution in [-0.4, -0.2) is 40.5 Å². The molecule has 0 unspecified atom stereocenters. The molecule has 0 fully saturated rings. The molecule has 0 aliphatic heterocycles. The number of benzene rings is 1. The van der Waals surface area contributed by atoms with Gasteiger partial charge in [0.1, 0.15) is 17.7 Å². The lowest BCUT2D eigenvalue weighted by Gasteiger charge is -2.12. The second-order valence-corrected chi connectivity index (χ2v) is 6.32. The molecule has 0 saturated heterocycles. The molecule has 1 aromatic carbocycles. The minimum atomic E-state index is -4.51. The Morgan fingerprint density at radius 3 is 2.61 bits per heavy atom. The highest BCUT2D eigenvalue weighted by atomic mass is 19.4. The first-order valence-corrected chi connectivity index (χ1v) is 9.62. The number of guanidine groups is 1. The van der Waals surface area contributed by atoms with Gasteiger partial charge in [-0.3, -0.25) is 0 Å². The Kier molecular flexibility index (Phi) is 7.41. The molecule has 2 heterocycles. The van der Waals surface area contributed by atoms with E-state index < -0.39 is 11.9 Å². The standard InChI is InChI=1S/C20H22F3N7O/c1-2-24-18(26-10-11-27-19-25-9-8-16(30-19)20(21,22)23)28-12-15-13-31-17(29-15)14-6-4-3-5-7-14/h3-9,13H,2,10-12H2,1H3,(H2,24,26,28)(H,25,27,30). The monoisotopic (exact) mass is 433 g/mol. The van der Waals surface area contributed by atoms with Gasteiger partial charge in [0.15, 0.2) is 5.96 Å². The zero-order valence-corrected chi connectivity index (χ0v) is 16.8. The number of nitrogens with zero attached hydrogens (tertiary/aromatic N) is 4. The van der Waals surface area contributed by atoms with Gasteiger partial charge in [-0.05, 0) is 25.1 Å². The Balaban J connectivity index is 1.51. The van der Waals surface area contributed by atoms with Crippen molar-refractivity contribution < 1.29 is 17.6 Å². The molecular formula is C20H22F3N7O. The number of anilines is 1. The minimum Gasteiger partial charge on any atom is -0.444 e. The van der Waals surface area contributed by atoms with Crippen LogP contribution in [0.1, 0.15) is 18.3 Å². The fraction of sp³-hybridized carbons (Fsp3) is 0.300. The number of aliphatic imine (C=N–C) groups is 1. The highest BCUT2D eigenvalue weighted by Gasteiger charge is 2.32. The first kappa shape index (κ1) is 22.1. The van der Waals surface area contributed by atoms with E-state index in [1.807, 2.05) is 37.3 Å². The summed E-state index contributed by atoms with van der Waals surface area (Å²) in [6.45, 7) is 3.56. The Bertz CT molecular complexity index is 990. The summed E-state index contributed by atoms with van der Waals surface area (Å²) >= 11 is 0. The molecule has 0 aliphatic carbocycles. The molecule has 11 heteroatoms.